The summed E-state index contributed by atoms with van der Waals surface area (Å²) in [6.07, 6.45) is 0.242. The molecule has 0 bridgehead atoms. The summed E-state index contributed by atoms with van der Waals surface area (Å²) in [4.78, 5) is 12.0. The van der Waals surface area contributed by atoms with Crippen LogP contribution < -0.4 is 10.6 Å². The highest BCUT2D eigenvalue weighted by atomic mass is 16.3. The number of hydrogen-bond donors (Lipinski definition) is 3. The molecule has 2 aromatic carbocycles. The summed E-state index contributed by atoms with van der Waals surface area (Å²) in [5.74, 6) is 0.0779. The highest BCUT2D eigenvalue weighted by Gasteiger charge is 2.05. The summed E-state index contributed by atoms with van der Waals surface area (Å²) in [6, 6.07) is 14.5. The molecule has 3 N–H and O–H groups in total. The minimum absolute atomic E-state index is 0.0961. The number of amides is 1. The fourth-order valence-electron chi connectivity index (χ4n) is 2.09. The maximum absolute atomic E-state index is 12.0. The number of nitrogens with one attached hydrogen (secondary N) is 2. The summed E-state index contributed by atoms with van der Waals surface area (Å²) >= 11 is 0. The van der Waals surface area contributed by atoms with Crippen molar-refractivity contribution in [2.75, 3.05) is 11.9 Å². The third-order valence-corrected chi connectivity index (χ3v) is 3.07. The normalized spacial score (nSPS) is 10.3. The van der Waals surface area contributed by atoms with Gasteiger partial charge in [0.05, 0.1) is 6.42 Å². The molecular formula is C17H20N2O2. The average molecular weight is 284 g/mol. The lowest BCUT2D eigenvalue weighted by molar-refractivity contribution is -0.115. The Morgan fingerprint density at radius 2 is 1.86 bits per heavy atom. The Hall–Kier alpha value is -2.33. The van der Waals surface area contributed by atoms with Crippen LogP contribution in [0.5, 0.6) is 5.75 Å². The predicted molar refractivity (Wildman–Crippen MR) is 84.3 cm³/mol. The zero-order chi connectivity index (χ0) is 15.1. The van der Waals surface area contributed by atoms with Crippen LogP contribution >= 0.6 is 0 Å². The van der Waals surface area contributed by atoms with Gasteiger partial charge >= 0.3 is 0 Å². The molecule has 0 aromatic heterocycles. The molecule has 1 amide bonds. The lowest BCUT2D eigenvalue weighted by Gasteiger charge is -2.08. The van der Waals surface area contributed by atoms with Crippen molar-refractivity contribution < 1.29 is 9.90 Å². The number of benzene rings is 2. The van der Waals surface area contributed by atoms with Crippen LogP contribution in [-0.2, 0) is 17.8 Å². The van der Waals surface area contributed by atoms with Crippen molar-refractivity contribution in [2.24, 2.45) is 0 Å². The van der Waals surface area contributed by atoms with E-state index in [1.807, 2.05) is 30.3 Å². The number of phenols is 1. The van der Waals surface area contributed by atoms with Crippen LogP contribution in [0.25, 0.3) is 0 Å². The third kappa shape index (κ3) is 4.93. The van der Waals surface area contributed by atoms with Crippen molar-refractivity contribution in [3.05, 3.63) is 59.7 Å². The molecule has 0 heterocycles. The molecule has 0 aliphatic heterocycles. The van der Waals surface area contributed by atoms with Gasteiger partial charge in [-0.1, -0.05) is 31.2 Å². The number of carbonyl (C=O) groups excluding carboxylic acids is 1. The van der Waals surface area contributed by atoms with Crippen LogP contribution in [0, 0.1) is 0 Å². The average Bonchev–Trinajstić information content (AvgIpc) is 2.45. The van der Waals surface area contributed by atoms with Crippen LogP contribution in [-0.4, -0.2) is 17.6 Å². The van der Waals surface area contributed by atoms with E-state index in [2.05, 4.69) is 17.6 Å². The second-order valence-corrected chi connectivity index (χ2v) is 4.88. The van der Waals surface area contributed by atoms with Gasteiger partial charge in [0.25, 0.3) is 0 Å². The molecule has 0 fully saturated rings. The highest BCUT2D eigenvalue weighted by Crippen LogP contribution is 2.14. The first-order valence-corrected chi connectivity index (χ1v) is 7.05. The summed E-state index contributed by atoms with van der Waals surface area (Å²) in [5.41, 5.74) is 2.71. The second kappa shape index (κ2) is 7.45. The number of anilines is 1. The van der Waals surface area contributed by atoms with Gasteiger partial charge in [0.15, 0.2) is 0 Å². The number of hydrogen-bond acceptors (Lipinski definition) is 3. The molecule has 0 aliphatic carbocycles. The lowest BCUT2D eigenvalue weighted by atomic mass is 10.1. The van der Waals surface area contributed by atoms with Gasteiger partial charge in [-0.25, -0.2) is 0 Å². The molecule has 0 aliphatic rings. The van der Waals surface area contributed by atoms with Gasteiger partial charge in [-0.3, -0.25) is 4.79 Å². The van der Waals surface area contributed by atoms with E-state index < -0.39 is 0 Å². The van der Waals surface area contributed by atoms with Crippen LogP contribution in [0.4, 0.5) is 5.69 Å². The van der Waals surface area contributed by atoms with Gasteiger partial charge in [0, 0.05) is 12.2 Å². The van der Waals surface area contributed by atoms with Crippen molar-refractivity contribution in [3.63, 3.8) is 0 Å². The van der Waals surface area contributed by atoms with Gasteiger partial charge in [-0.05, 0) is 41.9 Å². The zero-order valence-corrected chi connectivity index (χ0v) is 12.1. The maximum atomic E-state index is 12.0. The lowest BCUT2D eigenvalue weighted by Crippen LogP contribution is -2.15. The fraction of sp³-hybridized carbons (Fsp3) is 0.235. The third-order valence-electron chi connectivity index (χ3n) is 3.07. The first-order chi connectivity index (χ1) is 10.2. The van der Waals surface area contributed by atoms with Crippen molar-refractivity contribution in [2.45, 2.75) is 19.9 Å². The fourth-order valence-corrected chi connectivity index (χ4v) is 2.09. The molecular weight excluding hydrogens is 264 g/mol. The Labute approximate surface area is 124 Å². The van der Waals surface area contributed by atoms with Crippen LogP contribution in [0.1, 0.15) is 18.1 Å². The first-order valence-electron chi connectivity index (χ1n) is 7.05. The molecule has 4 heteroatoms. The standard InChI is InChI=1S/C17H20N2O2/c1-2-18-12-14-6-3-7-15(9-14)19-17(21)11-13-5-4-8-16(20)10-13/h3-10,18,20H,2,11-12H2,1H3,(H,19,21). The van der Waals surface area contributed by atoms with E-state index in [4.69, 9.17) is 0 Å². The van der Waals surface area contributed by atoms with Crippen molar-refractivity contribution in [1.82, 2.24) is 5.32 Å². The molecule has 0 atom stereocenters. The molecule has 0 unspecified atom stereocenters. The Bertz CT molecular complexity index is 611. The molecule has 0 saturated heterocycles. The van der Waals surface area contributed by atoms with Gasteiger partial charge in [0.2, 0.25) is 5.91 Å². The Morgan fingerprint density at radius 1 is 1.10 bits per heavy atom. The minimum atomic E-state index is -0.0961. The second-order valence-electron chi connectivity index (χ2n) is 4.88. The molecule has 0 radical (unpaired) electrons. The number of carbonyl (C=O) groups is 1. The van der Waals surface area contributed by atoms with E-state index in [1.165, 1.54) is 0 Å². The smallest absolute Gasteiger partial charge is 0.228 e. The highest BCUT2D eigenvalue weighted by molar-refractivity contribution is 5.92. The summed E-state index contributed by atoms with van der Waals surface area (Å²) in [6.45, 7) is 3.75. The van der Waals surface area contributed by atoms with E-state index in [1.54, 1.807) is 18.2 Å². The Kier molecular flexibility index (Phi) is 5.35. The molecule has 2 rings (SSSR count). The zero-order valence-electron chi connectivity index (χ0n) is 12.1. The van der Waals surface area contributed by atoms with E-state index in [-0.39, 0.29) is 18.1 Å². The van der Waals surface area contributed by atoms with Crippen LogP contribution in [0.2, 0.25) is 0 Å². The SMILES string of the molecule is CCNCc1cccc(NC(=O)Cc2cccc(O)c2)c1. The van der Waals surface area contributed by atoms with Gasteiger partial charge in [-0.15, -0.1) is 0 Å². The minimum Gasteiger partial charge on any atom is -0.508 e. The topological polar surface area (TPSA) is 61.4 Å². The van der Waals surface area contributed by atoms with Crippen molar-refractivity contribution >= 4 is 11.6 Å². The summed E-state index contributed by atoms with van der Waals surface area (Å²) < 4.78 is 0. The van der Waals surface area contributed by atoms with Crippen molar-refractivity contribution in [3.8, 4) is 5.75 Å². The largest absolute Gasteiger partial charge is 0.508 e. The number of phenolic OH excluding ortho intramolecular Hbond substituents is 1. The van der Waals surface area contributed by atoms with Crippen LogP contribution in [0.15, 0.2) is 48.5 Å². The monoisotopic (exact) mass is 284 g/mol. The molecule has 21 heavy (non-hydrogen) atoms. The summed E-state index contributed by atoms with van der Waals surface area (Å²) in [7, 11) is 0. The predicted octanol–water partition coefficient (Wildman–Crippen LogP) is 2.68. The molecule has 0 spiro atoms. The van der Waals surface area contributed by atoms with Gasteiger partial charge in [0.1, 0.15) is 5.75 Å². The quantitative estimate of drug-likeness (QED) is 0.764. The molecule has 4 nitrogen and oxygen atoms in total. The number of aromatic hydroxyl groups is 1. The van der Waals surface area contributed by atoms with E-state index >= 15 is 0 Å². The Morgan fingerprint density at radius 3 is 2.62 bits per heavy atom. The molecule has 2 aromatic rings. The van der Waals surface area contributed by atoms with E-state index in [9.17, 15) is 9.90 Å². The van der Waals surface area contributed by atoms with Crippen molar-refractivity contribution in [1.29, 1.82) is 0 Å². The van der Waals surface area contributed by atoms with E-state index in [0.717, 1.165) is 29.9 Å². The molecule has 0 saturated carbocycles. The summed E-state index contributed by atoms with van der Waals surface area (Å²) in [5, 5.41) is 15.5. The first kappa shape index (κ1) is 15.1. The van der Waals surface area contributed by atoms with Gasteiger partial charge < -0.3 is 15.7 Å². The van der Waals surface area contributed by atoms with Gasteiger partial charge in [-0.2, -0.15) is 0 Å². The molecule has 110 valence electrons. The maximum Gasteiger partial charge on any atom is 0.228 e. The Balaban J connectivity index is 1.96. The van der Waals surface area contributed by atoms with Crippen LogP contribution in [0.3, 0.4) is 0 Å². The van der Waals surface area contributed by atoms with E-state index in [0.29, 0.717) is 0 Å². The number of rotatable bonds is 6.